The molecule has 0 unspecified atom stereocenters. The highest BCUT2D eigenvalue weighted by molar-refractivity contribution is 7.92. The highest BCUT2D eigenvalue weighted by Gasteiger charge is 2.34. The van der Waals surface area contributed by atoms with Crippen LogP contribution in [0.25, 0.3) is 0 Å². The molecular weight excluding hydrogens is 593 g/mol. The van der Waals surface area contributed by atoms with Crippen molar-refractivity contribution in [3.8, 4) is 0 Å². The van der Waals surface area contributed by atoms with Gasteiger partial charge in [0.1, 0.15) is 12.6 Å². The van der Waals surface area contributed by atoms with Crippen LogP contribution in [0.2, 0.25) is 15.1 Å². The average Bonchev–Trinajstić information content (AvgIpc) is 3.46. The van der Waals surface area contributed by atoms with Crippen molar-refractivity contribution in [3.05, 3.63) is 93.4 Å². The normalized spacial score (nSPS) is 14.5. The van der Waals surface area contributed by atoms with Gasteiger partial charge in [-0.25, -0.2) is 8.42 Å². The Balaban J connectivity index is 1.70. The van der Waals surface area contributed by atoms with Crippen LogP contribution < -0.4 is 9.62 Å². The number of rotatable bonds is 10. The van der Waals surface area contributed by atoms with Crippen molar-refractivity contribution in [2.24, 2.45) is 0 Å². The minimum absolute atomic E-state index is 0.00671. The number of hydrogen-bond donors (Lipinski definition) is 1. The molecule has 1 atom stereocenters. The molecule has 2 amide bonds. The summed E-state index contributed by atoms with van der Waals surface area (Å²) in [6.45, 7) is 1.10. The topological polar surface area (TPSA) is 86.8 Å². The highest BCUT2D eigenvalue weighted by atomic mass is 35.5. The number of nitrogens with one attached hydrogen (secondary N) is 1. The summed E-state index contributed by atoms with van der Waals surface area (Å²) in [6, 6.07) is 18.4. The zero-order chi connectivity index (χ0) is 28.9. The Labute approximate surface area is 250 Å². The summed E-state index contributed by atoms with van der Waals surface area (Å²) in [7, 11) is -4.24. The maximum atomic E-state index is 14.0. The van der Waals surface area contributed by atoms with Crippen LogP contribution in [-0.2, 0) is 26.2 Å². The molecule has 0 aliphatic heterocycles. The van der Waals surface area contributed by atoms with Gasteiger partial charge in [-0.05, 0) is 61.7 Å². The number of carbonyl (C=O) groups excluding carboxylic acids is 2. The maximum absolute atomic E-state index is 14.0. The van der Waals surface area contributed by atoms with E-state index in [0.717, 1.165) is 35.6 Å². The predicted octanol–water partition coefficient (Wildman–Crippen LogP) is 6.32. The van der Waals surface area contributed by atoms with Crippen molar-refractivity contribution in [3.63, 3.8) is 0 Å². The van der Waals surface area contributed by atoms with Crippen molar-refractivity contribution in [2.45, 2.75) is 56.1 Å². The molecule has 1 saturated carbocycles. The first kappa shape index (κ1) is 30.2. The maximum Gasteiger partial charge on any atom is 0.264 e. The fourth-order valence-electron chi connectivity index (χ4n) is 4.68. The van der Waals surface area contributed by atoms with E-state index in [-0.39, 0.29) is 39.1 Å². The van der Waals surface area contributed by atoms with Crippen molar-refractivity contribution in [2.75, 3.05) is 10.8 Å². The van der Waals surface area contributed by atoms with Crippen molar-refractivity contribution in [1.29, 1.82) is 0 Å². The standard InChI is InChI=1S/C29H30Cl3N3O4S/c1-20(29(37)33-23-8-5-6-9-23)34(18-21-14-16-22(30)17-15-21)27(36)19-35(26-13-7-12-25(31)28(26)32)40(38,39)24-10-3-2-4-11-24/h2-4,7,10-17,20,23H,5-6,8-9,18-19H2,1H3,(H,33,37)/t20-/m1/s1. The molecule has 40 heavy (non-hydrogen) atoms. The second-order valence-corrected chi connectivity index (χ2v) is 12.8. The monoisotopic (exact) mass is 621 g/mol. The van der Waals surface area contributed by atoms with Crippen LogP contribution in [0.1, 0.15) is 38.2 Å². The summed E-state index contributed by atoms with van der Waals surface area (Å²) in [5.41, 5.74) is 0.789. The largest absolute Gasteiger partial charge is 0.352 e. The Morgan fingerprint density at radius 3 is 2.23 bits per heavy atom. The first-order valence-corrected chi connectivity index (χ1v) is 15.5. The van der Waals surface area contributed by atoms with Gasteiger partial charge in [0.05, 0.1) is 20.6 Å². The van der Waals surface area contributed by atoms with E-state index < -0.39 is 28.5 Å². The van der Waals surface area contributed by atoms with Crippen LogP contribution in [-0.4, -0.2) is 43.8 Å². The van der Waals surface area contributed by atoms with E-state index in [9.17, 15) is 18.0 Å². The van der Waals surface area contributed by atoms with E-state index in [1.165, 1.54) is 29.2 Å². The number of amides is 2. The minimum Gasteiger partial charge on any atom is -0.352 e. The van der Waals surface area contributed by atoms with E-state index in [4.69, 9.17) is 34.8 Å². The number of anilines is 1. The lowest BCUT2D eigenvalue weighted by molar-refractivity contribution is -0.139. The molecule has 0 radical (unpaired) electrons. The van der Waals surface area contributed by atoms with E-state index in [0.29, 0.717) is 5.02 Å². The Kier molecular flexibility index (Phi) is 10.0. The Morgan fingerprint density at radius 2 is 1.57 bits per heavy atom. The van der Waals surface area contributed by atoms with Gasteiger partial charge in [-0.3, -0.25) is 13.9 Å². The molecule has 3 aromatic rings. The minimum atomic E-state index is -4.24. The molecule has 4 rings (SSSR count). The van der Waals surface area contributed by atoms with Gasteiger partial charge in [0.15, 0.2) is 0 Å². The second kappa shape index (κ2) is 13.3. The zero-order valence-corrected chi connectivity index (χ0v) is 25.0. The molecule has 1 aliphatic rings. The summed E-state index contributed by atoms with van der Waals surface area (Å²) in [5, 5.41) is 3.71. The Bertz CT molecular complexity index is 1450. The summed E-state index contributed by atoms with van der Waals surface area (Å²) in [6.07, 6.45) is 3.86. The van der Waals surface area contributed by atoms with Crippen molar-refractivity contribution < 1.29 is 18.0 Å². The summed E-state index contributed by atoms with van der Waals surface area (Å²) < 4.78 is 28.6. The molecule has 11 heteroatoms. The number of nitrogens with zero attached hydrogens (tertiary/aromatic N) is 2. The molecule has 0 spiro atoms. The van der Waals surface area contributed by atoms with E-state index in [1.54, 1.807) is 55.5 Å². The van der Waals surface area contributed by atoms with Crippen molar-refractivity contribution >= 4 is 62.3 Å². The highest BCUT2D eigenvalue weighted by Crippen LogP contribution is 2.35. The molecule has 0 bridgehead atoms. The third-order valence-corrected chi connectivity index (χ3v) is 9.78. The molecular formula is C29H30Cl3N3O4S. The lowest BCUT2D eigenvalue weighted by Gasteiger charge is -2.32. The van der Waals surface area contributed by atoms with E-state index in [1.807, 2.05) is 0 Å². The summed E-state index contributed by atoms with van der Waals surface area (Å²) >= 11 is 18.7. The van der Waals surface area contributed by atoms with Gasteiger partial charge in [0.2, 0.25) is 11.8 Å². The fourth-order valence-corrected chi connectivity index (χ4v) is 6.70. The van der Waals surface area contributed by atoms with Gasteiger partial charge in [-0.1, -0.05) is 84.0 Å². The first-order valence-electron chi connectivity index (χ1n) is 12.9. The SMILES string of the molecule is C[C@H](C(=O)NC1CCCC1)N(Cc1ccc(Cl)cc1)C(=O)CN(c1cccc(Cl)c1Cl)S(=O)(=O)c1ccccc1. The van der Waals surface area contributed by atoms with Gasteiger partial charge in [0, 0.05) is 17.6 Å². The lowest BCUT2D eigenvalue weighted by Crippen LogP contribution is -2.52. The van der Waals surface area contributed by atoms with Gasteiger partial charge in [-0.15, -0.1) is 0 Å². The molecule has 0 saturated heterocycles. The van der Waals surface area contributed by atoms with Crippen LogP contribution in [0.5, 0.6) is 0 Å². The van der Waals surface area contributed by atoms with Gasteiger partial charge in [0.25, 0.3) is 10.0 Å². The first-order chi connectivity index (χ1) is 19.1. The quantitative estimate of drug-likeness (QED) is 0.287. The van der Waals surface area contributed by atoms with Crippen LogP contribution >= 0.6 is 34.8 Å². The van der Waals surface area contributed by atoms with E-state index in [2.05, 4.69) is 5.32 Å². The number of hydrogen-bond acceptors (Lipinski definition) is 4. The molecule has 0 aromatic heterocycles. The second-order valence-electron chi connectivity index (χ2n) is 9.71. The Morgan fingerprint density at radius 1 is 0.925 bits per heavy atom. The van der Waals surface area contributed by atoms with Gasteiger partial charge >= 0.3 is 0 Å². The lowest BCUT2D eigenvalue weighted by atomic mass is 10.1. The van der Waals surface area contributed by atoms with Crippen LogP contribution in [0.3, 0.4) is 0 Å². The number of sulfonamides is 1. The molecule has 212 valence electrons. The Hall–Kier alpha value is -2.78. The smallest absolute Gasteiger partial charge is 0.264 e. The molecule has 0 heterocycles. The molecule has 3 aromatic carbocycles. The van der Waals surface area contributed by atoms with E-state index >= 15 is 0 Å². The summed E-state index contributed by atoms with van der Waals surface area (Å²) in [5.74, 6) is -0.882. The number of benzene rings is 3. The van der Waals surface area contributed by atoms with Gasteiger partial charge in [-0.2, -0.15) is 0 Å². The summed E-state index contributed by atoms with van der Waals surface area (Å²) in [4.78, 5) is 28.6. The van der Waals surface area contributed by atoms with Crippen molar-refractivity contribution in [1.82, 2.24) is 10.2 Å². The zero-order valence-electron chi connectivity index (χ0n) is 21.9. The third kappa shape index (κ3) is 7.10. The predicted molar refractivity (Wildman–Crippen MR) is 159 cm³/mol. The molecule has 1 N–H and O–H groups in total. The average molecular weight is 623 g/mol. The van der Waals surface area contributed by atoms with Crippen LogP contribution in [0.15, 0.2) is 77.7 Å². The number of halogens is 3. The van der Waals surface area contributed by atoms with Crippen LogP contribution in [0.4, 0.5) is 5.69 Å². The number of carbonyl (C=O) groups is 2. The third-order valence-electron chi connectivity index (χ3n) is 6.95. The fraction of sp³-hybridized carbons (Fsp3) is 0.310. The molecule has 1 aliphatic carbocycles. The van der Waals surface area contributed by atoms with Crippen LogP contribution in [0, 0.1) is 0 Å². The molecule has 1 fully saturated rings. The molecule has 7 nitrogen and oxygen atoms in total. The van der Waals surface area contributed by atoms with Gasteiger partial charge < -0.3 is 10.2 Å².